The minimum atomic E-state index is 0.112. The number of hydrogen-bond acceptors (Lipinski definition) is 5. The number of H-pyrrole nitrogens is 1. The predicted octanol–water partition coefficient (Wildman–Crippen LogP) is 4.71. The van der Waals surface area contributed by atoms with Crippen molar-refractivity contribution in [1.29, 1.82) is 0 Å². The number of hydrogen-bond donors (Lipinski definition) is 1. The first-order valence-corrected chi connectivity index (χ1v) is 9.57. The fourth-order valence-electron chi connectivity index (χ4n) is 2.84. The van der Waals surface area contributed by atoms with Crippen molar-refractivity contribution in [2.75, 3.05) is 5.75 Å². The van der Waals surface area contributed by atoms with E-state index in [4.69, 9.17) is 0 Å². The van der Waals surface area contributed by atoms with Crippen molar-refractivity contribution in [2.24, 2.45) is 0 Å². The number of aryl methyl sites for hydroxylation is 1. The molecule has 0 amide bonds. The zero-order valence-corrected chi connectivity index (χ0v) is 14.7. The van der Waals surface area contributed by atoms with Crippen LogP contribution < -0.4 is 0 Å². The lowest BCUT2D eigenvalue weighted by molar-refractivity contribution is 0.102. The number of carbonyl (C=O) groups excluding carboxylic acids is 1. The number of carbonyl (C=O) groups is 1. The highest BCUT2D eigenvalue weighted by Crippen LogP contribution is 2.29. The number of benzene rings is 1. The zero-order valence-electron chi connectivity index (χ0n) is 13.1. The fourth-order valence-corrected chi connectivity index (χ4v) is 4.50. The summed E-state index contributed by atoms with van der Waals surface area (Å²) in [6, 6.07) is 8.12. The van der Waals surface area contributed by atoms with E-state index in [0.29, 0.717) is 5.75 Å². The van der Waals surface area contributed by atoms with E-state index in [1.807, 2.05) is 29.8 Å². The third kappa shape index (κ3) is 2.61. The molecule has 3 aromatic heterocycles. The van der Waals surface area contributed by atoms with Crippen LogP contribution in [-0.2, 0) is 6.42 Å². The Hall–Kier alpha value is -2.18. The van der Waals surface area contributed by atoms with Gasteiger partial charge in [-0.1, -0.05) is 36.9 Å². The van der Waals surface area contributed by atoms with E-state index >= 15 is 0 Å². The number of thioether (sulfide) groups is 1. The Morgan fingerprint density at radius 3 is 3.04 bits per heavy atom. The Morgan fingerprint density at radius 2 is 2.17 bits per heavy atom. The summed E-state index contributed by atoms with van der Waals surface area (Å²) in [5.41, 5.74) is 3.05. The normalized spacial score (nSPS) is 11.4. The number of para-hydroxylation sites is 1. The Morgan fingerprint density at radius 1 is 1.25 bits per heavy atom. The van der Waals surface area contributed by atoms with E-state index in [9.17, 15) is 4.79 Å². The number of nitrogens with one attached hydrogen (secondary N) is 1. The Bertz CT molecular complexity index is 1040. The first-order chi connectivity index (χ1) is 11.8. The molecule has 4 nitrogen and oxygen atoms in total. The summed E-state index contributed by atoms with van der Waals surface area (Å²) in [6.07, 6.45) is 4.33. The van der Waals surface area contributed by atoms with Gasteiger partial charge in [0.05, 0.1) is 5.75 Å². The number of ketones is 1. The second kappa shape index (κ2) is 6.37. The number of nitrogens with zero attached hydrogens (tertiary/aromatic N) is 2. The average Bonchev–Trinajstić information content (AvgIpc) is 3.26. The SMILES string of the molecule is CCc1cccc2c(C(=O)CSc3ncnc4sccc34)c[nH]c12. The second-order valence-corrected chi connectivity index (χ2v) is 7.28. The Balaban J connectivity index is 1.60. The molecule has 0 saturated heterocycles. The minimum Gasteiger partial charge on any atom is -0.360 e. The van der Waals surface area contributed by atoms with Gasteiger partial charge in [0.2, 0.25) is 0 Å². The lowest BCUT2D eigenvalue weighted by Gasteiger charge is -2.02. The largest absolute Gasteiger partial charge is 0.360 e. The predicted molar refractivity (Wildman–Crippen MR) is 100 cm³/mol. The molecule has 1 N–H and O–H groups in total. The van der Waals surface area contributed by atoms with Gasteiger partial charge in [0.15, 0.2) is 5.78 Å². The summed E-state index contributed by atoms with van der Waals surface area (Å²) in [5.74, 6) is 0.479. The molecule has 0 atom stereocenters. The Labute approximate surface area is 147 Å². The molecular weight excluding hydrogens is 338 g/mol. The molecule has 0 aliphatic rings. The van der Waals surface area contributed by atoms with Crippen LogP contribution in [0.25, 0.3) is 21.1 Å². The smallest absolute Gasteiger partial charge is 0.175 e. The third-order valence-electron chi connectivity index (χ3n) is 4.05. The van der Waals surface area contributed by atoms with Gasteiger partial charge in [-0.05, 0) is 23.4 Å². The molecule has 1 aromatic carbocycles. The quantitative estimate of drug-likeness (QED) is 0.321. The van der Waals surface area contributed by atoms with Crippen LogP contribution in [0.1, 0.15) is 22.8 Å². The van der Waals surface area contributed by atoms with Crippen molar-refractivity contribution in [3.05, 3.63) is 53.3 Å². The molecule has 0 aliphatic heterocycles. The highest BCUT2D eigenvalue weighted by Gasteiger charge is 2.15. The molecule has 120 valence electrons. The lowest BCUT2D eigenvalue weighted by atomic mass is 10.1. The number of Topliss-reactive ketones (excluding diaryl/α,β-unsaturated/α-hetero) is 1. The maximum absolute atomic E-state index is 12.7. The van der Waals surface area contributed by atoms with Crippen LogP contribution in [-0.4, -0.2) is 26.5 Å². The van der Waals surface area contributed by atoms with E-state index in [2.05, 4.69) is 27.9 Å². The number of aromatic amines is 1. The number of rotatable bonds is 5. The highest BCUT2D eigenvalue weighted by molar-refractivity contribution is 8.00. The molecule has 0 saturated carbocycles. The van der Waals surface area contributed by atoms with E-state index in [1.54, 1.807) is 17.7 Å². The van der Waals surface area contributed by atoms with Crippen LogP contribution in [0.3, 0.4) is 0 Å². The standard InChI is InChI=1S/C18H15N3OS2/c1-2-11-4-3-5-12-14(8-19-16(11)12)15(22)9-24-18-13-6-7-23-17(13)20-10-21-18/h3-8,10,19H,2,9H2,1H3. The molecule has 4 aromatic rings. The number of thiophene rings is 1. The monoisotopic (exact) mass is 353 g/mol. The first-order valence-electron chi connectivity index (χ1n) is 7.71. The summed E-state index contributed by atoms with van der Waals surface area (Å²) in [6.45, 7) is 2.12. The fraction of sp³-hybridized carbons (Fsp3) is 0.167. The molecule has 0 bridgehead atoms. The first kappa shape index (κ1) is 15.4. The molecule has 0 unspecified atom stereocenters. The van der Waals surface area contributed by atoms with Gasteiger partial charge in [-0.2, -0.15) is 0 Å². The van der Waals surface area contributed by atoms with Gasteiger partial charge < -0.3 is 4.98 Å². The van der Waals surface area contributed by atoms with Gasteiger partial charge in [0.25, 0.3) is 0 Å². The van der Waals surface area contributed by atoms with Crippen LogP contribution in [0.15, 0.2) is 47.2 Å². The molecule has 0 aliphatic carbocycles. The van der Waals surface area contributed by atoms with Crippen molar-refractivity contribution in [1.82, 2.24) is 15.0 Å². The molecule has 0 spiro atoms. The van der Waals surface area contributed by atoms with Crippen molar-refractivity contribution in [2.45, 2.75) is 18.4 Å². The van der Waals surface area contributed by atoms with Crippen LogP contribution >= 0.6 is 23.1 Å². The molecule has 0 fully saturated rings. The topological polar surface area (TPSA) is 58.6 Å². The van der Waals surface area contributed by atoms with Gasteiger partial charge >= 0.3 is 0 Å². The second-order valence-electron chi connectivity index (χ2n) is 5.43. The average molecular weight is 353 g/mol. The van der Waals surface area contributed by atoms with Crippen LogP contribution in [0.2, 0.25) is 0 Å². The molecule has 6 heteroatoms. The molecule has 0 radical (unpaired) electrons. The maximum Gasteiger partial charge on any atom is 0.175 e. The van der Waals surface area contributed by atoms with E-state index in [0.717, 1.165) is 38.1 Å². The summed E-state index contributed by atoms with van der Waals surface area (Å²) >= 11 is 3.06. The number of fused-ring (bicyclic) bond motifs is 2. The molecule has 24 heavy (non-hydrogen) atoms. The van der Waals surface area contributed by atoms with Crippen LogP contribution in [0.4, 0.5) is 0 Å². The molecular formula is C18H15N3OS2. The number of aromatic nitrogens is 3. The van der Waals surface area contributed by atoms with E-state index < -0.39 is 0 Å². The van der Waals surface area contributed by atoms with Crippen molar-refractivity contribution >= 4 is 50.0 Å². The van der Waals surface area contributed by atoms with Gasteiger partial charge in [0.1, 0.15) is 16.2 Å². The summed E-state index contributed by atoms with van der Waals surface area (Å²) in [5, 5.41) is 4.89. The van der Waals surface area contributed by atoms with Crippen LogP contribution in [0, 0.1) is 0 Å². The summed E-state index contributed by atoms with van der Waals surface area (Å²) in [4.78, 5) is 25.5. The minimum absolute atomic E-state index is 0.112. The van der Waals surface area contributed by atoms with Gasteiger partial charge in [-0.15, -0.1) is 11.3 Å². The Kier molecular flexibility index (Phi) is 4.08. The van der Waals surface area contributed by atoms with Crippen molar-refractivity contribution in [3.8, 4) is 0 Å². The molecule has 3 heterocycles. The van der Waals surface area contributed by atoms with Gasteiger partial charge in [-0.25, -0.2) is 9.97 Å². The van der Waals surface area contributed by atoms with E-state index in [-0.39, 0.29) is 5.78 Å². The maximum atomic E-state index is 12.7. The van der Waals surface area contributed by atoms with Gasteiger partial charge in [0, 0.05) is 28.0 Å². The van der Waals surface area contributed by atoms with Crippen molar-refractivity contribution < 1.29 is 4.79 Å². The van der Waals surface area contributed by atoms with E-state index in [1.165, 1.54) is 17.3 Å². The highest BCUT2D eigenvalue weighted by atomic mass is 32.2. The molecule has 4 rings (SSSR count). The summed E-state index contributed by atoms with van der Waals surface area (Å²) < 4.78 is 0. The third-order valence-corrected chi connectivity index (χ3v) is 5.87. The zero-order chi connectivity index (χ0) is 16.5. The van der Waals surface area contributed by atoms with Crippen LogP contribution in [0.5, 0.6) is 0 Å². The van der Waals surface area contributed by atoms with Crippen molar-refractivity contribution in [3.63, 3.8) is 0 Å². The lowest BCUT2D eigenvalue weighted by Crippen LogP contribution is -2.02. The summed E-state index contributed by atoms with van der Waals surface area (Å²) in [7, 11) is 0. The van der Waals surface area contributed by atoms with Gasteiger partial charge in [-0.3, -0.25) is 4.79 Å².